The van der Waals surface area contributed by atoms with Crippen molar-refractivity contribution in [1.82, 2.24) is 15.2 Å². The number of carbonyl (C=O) groups excluding carboxylic acids is 1. The lowest BCUT2D eigenvalue weighted by Gasteiger charge is -2.29. The predicted molar refractivity (Wildman–Crippen MR) is 116 cm³/mol. The smallest absolute Gasteiger partial charge is 0.300 e. The van der Waals surface area contributed by atoms with E-state index in [0.29, 0.717) is 11.8 Å². The van der Waals surface area contributed by atoms with Crippen molar-refractivity contribution in [3.63, 3.8) is 0 Å². The molecule has 6 nitrogen and oxygen atoms in total. The number of amides is 1. The Balaban J connectivity index is 0.000000503. The number of aryl methyl sites for hydroxylation is 1. The highest BCUT2D eigenvalue weighted by atomic mass is 16.4. The largest absolute Gasteiger partial charge is 0.481 e. The number of nitrogens with one attached hydrogen (secondary N) is 2. The van der Waals surface area contributed by atoms with Gasteiger partial charge in [0.25, 0.3) is 11.9 Å². The van der Waals surface area contributed by atoms with Gasteiger partial charge in [-0.05, 0) is 47.6 Å². The van der Waals surface area contributed by atoms with Gasteiger partial charge in [-0.25, -0.2) is 0 Å². The van der Waals surface area contributed by atoms with E-state index in [-0.39, 0.29) is 11.9 Å². The standard InChI is InChI=1S/C22H23N3O.C2H4O2/c1-14-4-2-3-5-18(14)21-19-12-23-11-17(19)13-25(21)22(26)16-7-6-15-8-9-24-20(15)10-16;1-2(3)4/h2-10,17,19,21,23-24H,11-13H2,1H3;1H3,(H,3,4)/t17-,19-,21-;/m0./s1. The van der Waals surface area contributed by atoms with Crippen LogP contribution in [-0.2, 0) is 4.79 Å². The molecular formula is C24H27N3O3. The first-order valence-electron chi connectivity index (χ1n) is 10.3. The Morgan fingerprint density at radius 2 is 1.87 bits per heavy atom. The number of hydrogen-bond acceptors (Lipinski definition) is 3. The molecule has 0 saturated carbocycles. The van der Waals surface area contributed by atoms with Gasteiger partial charge in [-0.15, -0.1) is 0 Å². The van der Waals surface area contributed by atoms with Gasteiger partial charge < -0.3 is 20.3 Å². The van der Waals surface area contributed by atoms with Gasteiger partial charge in [0.2, 0.25) is 0 Å². The summed E-state index contributed by atoms with van der Waals surface area (Å²) in [5.74, 6) is 0.344. The van der Waals surface area contributed by atoms with Crippen LogP contribution in [0.2, 0.25) is 0 Å². The van der Waals surface area contributed by atoms with Crippen molar-refractivity contribution >= 4 is 22.8 Å². The number of nitrogens with zero attached hydrogens (tertiary/aromatic N) is 1. The van der Waals surface area contributed by atoms with Gasteiger partial charge in [-0.2, -0.15) is 0 Å². The Morgan fingerprint density at radius 1 is 1.10 bits per heavy atom. The second-order valence-corrected chi connectivity index (χ2v) is 8.14. The third-order valence-corrected chi connectivity index (χ3v) is 6.13. The van der Waals surface area contributed by atoms with Gasteiger partial charge in [-0.1, -0.05) is 30.3 Å². The summed E-state index contributed by atoms with van der Waals surface area (Å²) in [4.78, 5) is 27.8. The van der Waals surface area contributed by atoms with Gasteiger partial charge in [0.1, 0.15) is 0 Å². The van der Waals surface area contributed by atoms with Crippen LogP contribution in [-0.4, -0.2) is 46.5 Å². The number of likely N-dealkylation sites (tertiary alicyclic amines) is 1. The van der Waals surface area contributed by atoms with Gasteiger partial charge in [0.15, 0.2) is 0 Å². The second-order valence-electron chi connectivity index (χ2n) is 8.14. The zero-order valence-corrected chi connectivity index (χ0v) is 17.3. The molecule has 3 atom stereocenters. The summed E-state index contributed by atoms with van der Waals surface area (Å²) in [5, 5.41) is 12.1. The van der Waals surface area contributed by atoms with Crippen molar-refractivity contribution in [2.45, 2.75) is 19.9 Å². The highest BCUT2D eigenvalue weighted by Gasteiger charge is 2.47. The molecule has 1 amide bonds. The van der Waals surface area contributed by atoms with Gasteiger partial charge in [-0.3, -0.25) is 9.59 Å². The Bertz CT molecular complexity index is 1070. The molecule has 2 fully saturated rings. The fraction of sp³-hybridized carbons (Fsp3) is 0.333. The molecule has 0 bridgehead atoms. The first kappa shape index (κ1) is 20.2. The number of carboxylic acids is 1. The number of benzene rings is 2. The van der Waals surface area contributed by atoms with Crippen LogP contribution in [0.15, 0.2) is 54.7 Å². The minimum atomic E-state index is -0.833. The van der Waals surface area contributed by atoms with E-state index in [9.17, 15) is 4.79 Å². The van der Waals surface area contributed by atoms with Crippen LogP contribution >= 0.6 is 0 Å². The number of aromatic amines is 1. The number of aliphatic carboxylic acids is 1. The summed E-state index contributed by atoms with van der Waals surface area (Å²) < 4.78 is 0. The highest BCUT2D eigenvalue weighted by Crippen LogP contribution is 2.44. The van der Waals surface area contributed by atoms with Crippen LogP contribution in [0, 0.1) is 18.8 Å². The lowest BCUT2D eigenvalue weighted by Crippen LogP contribution is -2.35. The molecule has 156 valence electrons. The molecule has 0 radical (unpaired) electrons. The molecule has 30 heavy (non-hydrogen) atoms. The van der Waals surface area contributed by atoms with Gasteiger partial charge in [0, 0.05) is 49.8 Å². The molecule has 2 aliphatic heterocycles. The first-order valence-corrected chi connectivity index (χ1v) is 10.3. The quantitative estimate of drug-likeness (QED) is 0.608. The monoisotopic (exact) mass is 405 g/mol. The normalized spacial score (nSPS) is 22.5. The zero-order valence-electron chi connectivity index (χ0n) is 17.3. The van der Waals surface area contributed by atoms with Crippen LogP contribution < -0.4 is 5.32 Å². The van der Waals surface area contributed by atoms with Crippen LogP contribution in [0.4, 0.5) is 0 Å². The Kier molecular flexibility index (Phi) is 5.59. The van der Waals surface area contributed by atoms with E-state index in [1.807, 2.05) is 30.5 Å². The molecule has 3 N–H and O–H groups in total. The predicted octanol–water partition coefficient (Wildman–Crippen LogP) is 3.60. The summed E-state index contributed by atoms with van der Waals surface area (Å²) in [5.41, 5.74) is 4.34. The van der Waals surface area contributed by atoms with E-state index < -0.39 is 5.97 Å². The molecule has 2 aromatic carbocycles. The minimum Gasteiger partial charge on any atom is -0.481 e. The number of hydrogen-bond donors (Lipinski definition) is 3. The fourth-order valence-corrected chi connectivity index (χ4v) is 4.79. The molecule has 0 spiro atoms. The summed E-state index contributed by atoms with van der Waals surface area (Å²) in [6.45, 7) is 6.06. The maximum absolute atomic E-state index is 13.4. The van der Waals surface area contributed by atoms with Crippen LogP contribution in [0.3, 0.4) is 0 Å². The van der Waals surface area contributed by atoms with Crippen molar-refractivity contribution in [3.05, 3.63) is 71.4 Å². The van der Waals surface area contributed by atoms with Crippen molar-refractivity contribution in [2.24, 2.45) is 11.8 Å². The summed E-state index contributed by atoms with van der Waals surface area (Å²) >= 11 is 0. The molecule has 3 heterocycles. The van der Waals surface area contributed by atoms with Gasteiger partial charge in [0.05, 0.1) is 6.04 Å². The van der Waals surface area contributed by atoms with E-state index in [0.717, 1.165) is 43.0 Å². The SMILES string of the molecule is CC(=O)O.Cc1ccccc1[C@H]1[C@H]2CNC[C@H]2CN1C(=O)c1ccc2cc[nH]c2c1. The number of fused-ring (bicyclic) bond motifs is 2. The molecule has 1 aromatic heterocycles. The van der Waals surface area contributed by atoms with Crippen molar-refractivity contribution < 1.29 is 14.7 Å². The lowest BCUT2D eigenvalue weighted by atomic mass is 9.87. The summed E-state index contributed by atoms with van der Waals surface area (Å²) in [6.07, 6.45) is 1.92. The molecular weight excluding hydrogens is 378 g/mol. The van der Waals surface area contributed by atoms with Crippen LogP contribution in [0.1, 0.15) is 34.5 Å². The third-order valence-electron chi connectivity index (χ3n) is 6.13. The van der Waals surface area contributed by atoms with E-state index in [4.69, 9.17) is 9.90 Å². The summed E-state index contributed by atoms with van der Waals surface area (Å²) in [6, 6.07) is 16.7. The van der Waals surface area contributed by atoms with E-state index >= 15 is 0 Å². The van der Waals surface area contributed by atoms with Gasteiger partial charge >= 0.3 is 0 Å². The average molecular weight is 405 g/mol. The fourth-order valence-electron chi connectivity index (χ4n) is 4.79. The minimum absolute atomic E-state index is 0.143. The molecule has 6 heteroatoms. The number of carboxylic acid groups (broad SMARTS) is 1. The molecule has 5 rings (SSSR count). The third kappa shape index (κ3) is 3.83. The van der Waals surface area contributed by atoms with E-state index in [2.05, 4.69) is 46.4 Å². The number of carbonyl (C=O) groups is 2. The number of H-pyrrole nitrogens is 1. The maximum Gasteiger partial charge on any atom is 0.300 e. The molecule has 2 aliphatic rings. The second kappa shape index (κ2) is 8.32. The van der Waals surface area contributed by atoms with Crippen LogP contribution in [0.25, 0.3) is 10.9 Å². The van der Waals surface area contributed by atoms with E-state index in [1.54, 1.807) is 0 Å². The Hall–Kier alpha value is -3.12. The highest BCUT2D eigenvalue weighted by molar-refractivity contribution is 5.98. The van der Waals surface area contributed by atoms with Crippen LogP contribution in [0.5, 0.6) is 0 Å². The van der Waals surface area contributed by atoms with Crippen molar-refractivity contribution in [3.8, 4) is 0 Å². The molecule has 0 aliphatic carbocycles. The van der Waals surface area contributed by atoms with Crippen molar-refractivity contribution in [1.29, 1.82) is 0 Å². The number of aromatic nitrogens is 1. The average Bonchev–Trinajstić information content (AvgIpc) is 3.42. The Labute approximate surface area is 175 Å². The molecule has 2 saturated heterocycles. The molecule has 0 unspecified atom stereocenters. The topological polar surface area (TPSA) is 85.4 Å². The zero-order chi connectivity index (χ0) is 21.3. The van der Waals surface area contributed by atoms with E-state index in [1.165, 1.54) is 11.1 Å². The lowest BCUT2D eigenvalue weighted by molar-refractivity contribution is -0.134. The summed E-state index contributed by atoms with van der Waals surface area (Å²) in [7, 11) is 0. The number of rotatable bonds is 2. The molecule has 3 aromatic rings. The van der Waals surface area contributed by atoms with Crippen molar-refractivity contribution in [2.75, 3.05) is 19.6 Å². The first-order chi connectivity index (χ1) is 14.5. The Morgan fingerprint density at radius 3 is 2.63 bits per heavy atom. The maximum atomic E-state index is 13.4.